The van der Waals surface area contributed by atoms with Gasteiger partial charge in [0.2, 0.25) is 0 Å². The fourth-order valence-electron chi connectivity index (χ4n) is 4.19. The summed E-state index contributed by atoms with van der Waals surface area (Å²) in [4.78, 5) is 27.7. The number of hydrogen-bond donors (Lipinski definition) is 1. The number of benzene rings is 1. The van der Waals surface area contributed by atoms with Crippen LogP contribution in [0.3, 0.4) is 0 Å². The molecule has 2 fully saturated rings. The number of unbranched alkanes of at least 4 members (excludes halogenated alkanes) is 1. The quantitative estimate of drug-likeness (QED) is 0.571. The summed E-state index contributed by atoms with van der Waals surface area (Å²) in [6.07, 6.45) is 5.90. The molecule has 0 spiro atoms. The molecular formula is C20H28ClN3O3. The van der Waals surface area contributed by atoms with Crippen molar-refractivity contribution in [1.82, 2.24) is 15.1 Å². The molecule has 2 atom stereocenters. The van der Waals surface area contributed by atoms with Crippen molar-refractivity contribution in [3.05, 3.63) is 29.8 Å². The molecule has 2 saturated heterocycles. The molecule has 0 saturated carbocycles. The number of nitrogens with one attached hydrogen (secondary N) is 1. The number of imide groups is 1. The molecule has 27 heavy (non-hydrogen) atoms. The SMILES string of the molecule is Cl.O=C1C2CCCN2C(=O)N1CCCCNC[C@@H]1CCc2ccccc2O1. The summed E-state index contributed by atoms with van der Waals surface area (Å²) in [5.41, 5.74) is 1.30. The third-order valence-electron chi connectivity index (χ3n) is 5.64. The smallest absolute Gasteiger partial charge is 0.327 e. The highest BCUT2D eigenvalue weighted by atomic mass is 35.5. The van der Waals surface area contributed by atoms with Crippen molar-refractivity contribution in [2.24, 2.45) is 0 Å². The Morgan fingerprint density at radius 3 is 2.85 bits per heavy atom. The lowest BCUT2D eigenvalue weighted by atomic mass is 10.0. The van der Waals surface area contributed by atoms with E-state index >= 15 is 0 Å². The molecule has 1 aromatic carbocycles. The summed E-state index contributed by atoms with van der Waals surface area (Å²) in [7, 11) is 0. The predicted octanol–water partition coefficient (Wildman–Crippen LogP) is 2.60. The Labute approximate surface area is 166 Å². The van der Waals surface area contributed by atoms with Gasteiger partial charge in [-0.1, -0.05) is 18.2 Å². The van der Waals surface area contributed by atoms with Crippen molar-refractivity contribution in [2.75, 3.05) is 26.2 Å². The molecule has 3 heterocycles. The lowest BCUT2D eigenvalue weighted by Crippen LogP contribution is -2.36. The van der Waals surface area contributed by atoms with Gasteiger partial charge in [0, 0.05) is 19.6 Å². The Hall–Kier alpha value is -1.79. The summed E-state index contributed by atoms with van der Waals surface area (Å²) < 4.78 is 6.02. The van der Waals surface area contributed by atoms with Crippen molar-refractivity contribution >= 4 is 24.3 Å². The Kier molecular flexibility index (Phi) is 6.60. The number of hydrogen-bond acceptors (Lipinski definition) is 4. The fourth-order valence-corrected chi connectivity index (χ4v) is 4.19. The average molecular weight is 394 g/mol. The van der Waals surface area contributed by atoms with Gasteiger partial charge in [-0.2, -0.15) is 0 Å². The Bertz CT molecular complexity index is 662. The number of para-hydroxylation sites is 1. The normalized spacial score (nSPS) is 23.7. The molecule has 3 aliphatic heterocycles. The first-order valence-corrected chi connectivity index (χ1v) is 9.81. The summed E-state index contributed by atoms with van der Waals surface area (Å²) in [5.74, 6) is 1.02. The van der Waals surface area contributed by atoms with Crippen molar-refractivity contribution in [2.45, 2.75) is 50.7 Å². The maximum Gasteiger partial charge on any atom is 0.327 e. The van der Waals surface area contributed by atoms with E-state index < -0.39 is 0 Å². The maximum atomic E-state index is 12.3. The number of fused-ring (bicyclic) bond motifs is 2. The number of amides is 3. The van der Waals surface area contributed by atoms with Crippen LogP contribution in [0.5, 0.6) is 5.75 Å². The van der Waals surface area contributed by atoms with E-state index in [1.165, 1.54) is 10.5 Å². The minimum atomic E-state index is -0.174. The lowest BCUT2D eigenvalue weighted by molar-refractivity contribution is -0.128. The van der Waals surface area contributed by atoms with E-state index in [9.17, 15) is 9.59 Å². The number of carbonyl (C=O) groups is 2. The van der Waals surface area contributed by atoms with Crippen molar-refractivity contribution in [1.29, 1.82) is 0 Å². The Morgan fingerprint density at radius 1 is 1.15 bits per heavy atom. The second-order valence-electron chi connectivity index (χ2n) is 7.42. The maximum absolute atomic E-state index is 12.3. The van der Waals surface area contributed by atoms with Crippen LogP contribution >= 0.6 is 12.4 Å². The topological polar surface area (TPSA) is 61.9 Å². The zero-order chi connectivity index (χ0) is 17.9. The van der Waals surface area contributed by atoms with E-state index in [2.05, 4.69) is 17.4 Å². The molecule has 0 bridgehead atoms. The van der Waals surface area contributed by atoms with Gasteiger partial charge in [-0.3, -0.25) is 9.69 Å². The first-order chi connectivity index (χ1) is 12.7. The summed E-state index contributed by atoms with van der Waals surface area (Å²) >= 11 is 0. The van der Waals surface area contributed by atoms with Gasteiger partial charge in [-0.25, -0.2) is 4.79 Å². The number of nitrogens with zero attached hydrogens (tertiary/aromatic N) is 2. The predicted molar refractivity (Wildman–Crippen MR) is 105 cm³/mol. The van der Waals surface area contributed by atoms with Crippen LogP contribution in [0.15, 0.2) is 24.3 Å². The van der Waals surface area contributed by atoms with E-state index in [0.29, 0.717) is 6.54 Å². The van der Waals surface area contributed by atoms with Gasteiger partial charge in [0.05, 0.1) is 0 Å². The highest BCUT2D eigenvalue weighted by molar-refractivity contribution is 6.04. The van der Waals surface area contributed by atoms with Gasteiger partial charge in [-0.05, 0) is 56.7 Å². The van der Waals surface area contributed by atoms with Crippen LogP contribution in [0.25, 0.3) is 0 Å². The molecule has 6 nitrogen and oxygen atoms in total. The fraction of sp³-hybridized carbons (Fsp3) is 0.600. The molecule has 3 amide bonds. The largest absolute Gasteiger partial charge is 0.489 e. The third kappa shape index (κ3) is 4.22. The minimum Gasteiger partial charge on any atom is -0.489 e. The van der Waals surface area contributed by atoms with E-state index in [4.69, 9.17) is 4.74 Å². The molecule has 1 N–H and O–H groups in total. The number of aryl methyl sites for hydroxylation is 1. The summed E-state index contributed by atoms with van der Waals surface area (Å²) in [5, 5.41) is 3.45. The first kappa shape index (κ1) is 20.0. The molecule has 1 aromatic rings. The zero-order valence-corrected chi connectivity index (χ0v) is 16.4. The molecule has 3 aliphatic rings. The Morgan fingerprint density at radius 2 is 2.00 bits per heavy atom. The van der Waals surface area contributed by atoms with Gasteiger partial charge < -0.3 is 15.0 Å². The van der Waals surface area contributed by atoms with Crippen molar-refractivity contribution < 1.29 is 14.3 Å². The lowest BCUT2D eigenvalue weighted by Gasteiger charge is -2.26. The molecule has 0 aliphatic carbocycles. The van der Waals surface area contributed by atoms with Gasteiger partial charge >= 0.3 is 6.03 Å². The first-order valence-electron chi connectivity index (χ1n) is 9.81. The molecule has 1 unspecified atom stereocenters. The minimum absolute atomic E-state index is 0. The van der Waals surface area contributed by atoms with Crippen LogP contribution in [0.1, 0.15) is 37.7 Å². The number of urea groups is 1. The molecular weight excluding hydrogens is 366 g/mol. The number of carbonyl (C=O) groups excluding carboxylic acids is 2. The van der Waals surface area contributed by atoms with Crippen molar-refractivity contribution in [3.8, 4) is 5.75 Å². The van der Waals surface area contributed by atoms with Crippen LogP contribution in [-0.4, -0.2) is 60.1 Å². The zero-order valence-electron chi connectivity index (χ0n) is 15.6. The van der Waals surface area contributed by atoms with Crippen LogP contribution in [0, 0.1) is 0 Å². The molecule has 4 rings (SSSR count). The van der Waals surface area contributed by atoms with E-state index in [-0.39, 0.29) is 36.5 Å². The second-order valence-corrected chi connectivity index (χ2v) is 7.42. The highest BCUT2D eigenvalue weighted by Gasteiger charge is 2.46. The van der Waals surface area contributed by atoms with E-state index in [1.54, 1.807) is 4.90 Å². The second kappa shape index (κ2) is 8.93. The number of halogens is 1. The van der Waals surface area contributed by atoms with Gasteiger partial charge in [0.1, 0.15) is 17.9 Å². The molecule has 0 aromatic heterocycles. The number of ether oxygens (including phenoxy) is 1. The number of rotatable bonds is 7. The monoisotopic (exact) mass is 393 g/mol. The van der Waals surface area contributed by atoms with Crippen molar-refractivity contribution in [3.63, 3.8) is 0 Å². The van der Waals surface area contributed by atoms with Crippen LogP contribution < -0.4 is 10.1 Å². The standard InChI is InChI=1S/C20H27N3O3.ClH/c24-19-17-7-5-13-22(17)20(25)23(19)12-4-3-11-21-14-16-10-9-15-6-1-2-8-18(15)26-16;/h1-2,6,8,16-17,21H,3-5,7,9-14H2;1H/t16-,17?;/m0./s1. The highest BCUT2D eigenvalue weighted by Crippen LogP contribution is 2.28. The van der Waals surface area contributed by atoms with Crippen LogP contribution in [0.4, 0.5) is 4.79 Å². The molecule has 7 heteroatoms. The van der Waals surface area contributed by atoms with E-state index in [0.717, 1.165) is 63.9 Å². The third-order valence-corrected chi connectivity index (χ3v) is 5.64. The van der Waals surface area contributed by atoms with Gasteiger partial charge in [0.15, 0.2) is 0 Å². The van der Waals surface area contributed by atoms with Gasteiger partial charge in [0.25, 0.3) is 5.91 Å². The molecule has 0 radical (unpaired) electrons. The van der Waals surface area contributed by atoms with Crippen LogP contribution in [0.2, 0.25) is 0 Å². The molecule has 148 valence electrons. The van der Waals surface area contributed by atoms with E-state index in [1.807, 2.05) is 12.1 Å². The van der Waals surface area contributed by atoms with Crippen LogP contribution in [-0.2, 0) is 11.2 Å². The Balaban J connectivity index is 0.00000210. The average Bonchev–Trinajstić information content (AvgIpc) is 3.23. The summed E-state index contributed by atoms with van der Waals surface area (Å²) in [6.45, 7) is 2.99. The van der Waals surface area contributed by atoms with Gasteiger partial charge in [-0.15, -0.1) is 12.4 Å². The summed E-state index contributed by atoms with van der Waals surface area (Å²) in [6, 6.07) is 7.98.